The molecule has 144 valence electrons. The summed E-state index contributed by atoms with van der Waals surface area (Å²) in [4.78, 5) is 25.8. The second-order valence-electron chi connectivity index (χ2n) is 7.32. The van der Waals surface area contributed by atoms with Crippen LogP contribution < -0.4 is 5.32 Å². The Labute approximate surface area is 160 Å². The van der Waals surface area contributed by atoms with E-state index in [0.717, 1.165) is 35.5 Å². The zero-order chi connectivity index (χ0) is 19.4. The summed E-state index contributed by atoms with van der Waals surface area (Å²) >= 11 is 0. The molecule has 2 aromatic rings. The van der Waals surface area contributed by atoms with Gasteiger partial charge in [0.1, 0.15) is 0 Å². The zero-order valence-electron chi connectivity index (χ0n) is 16.4. The van der Waals surface area contributed by atoms with Crippen LogP contribution in [0, 0.1) is 19.8 Å². The first-order chi connectivity index (χ1) is 13.0. The highest BCUT2D eigenvalue weighted by molar-refractivity contribution is 5.81. The first-order valence-electron chi connectivity index (χ1n) is 9.59. The summed E-state index contributed by atoms with van der Waals surface area (Å²) < 4.78 is 1.93. The monoisotopic (exact) mass is 368 g/mol. The maximum Gasteiger partial charge on any atom is 0.223 e. The van der Waals surface area contributed by atoms with Crippen LogP contribution in [0.1, 0.15) is 42.6 Å². The van der Waals surface area contributed by atoms with Gasteiger partial charge in [-0.2, -0.15) is 5.10 Å². The van der Waals surface area contributed by atoms with Crippen molar-refractivity contribution >= 4 is 11.8 Å². The molecule has 1 fully saturated rings. The van der Waals surface area contributed by atoms with Gasteiger partial charge >= 0.3 is 0 Å². The Morgan fingerprint density at radius 2 is 1.93 bits per heavy atom. The van der Waals surface area contributed by atoms with Crippen LogP contribution in [-0.4, -0.2) is 40.1 Å². The first-order valence-corrected chi connectivity index (χ1v) is 9.59. The standard InChI is InChI=1S/C21H28N4O2/c1-15-19(16(2)25(23-15)18-8-5-4-6-9-18)14-24(3)20(26)10-7-13-22-21(27)17-11-12-17/h4-6,8-9,17H,7,10-14H2,1-3H3,(H,22,27). The molecule has 27 heavy (non-hydrogen) atoms. The molecule has 6 heteroatoms. The maximum atomic E-state index is 12.4. The molecule has 1 aromatic heterocycles. The van der Waals surface area contributed by atoms with Crippen molar-refractivity contribution < 1.29 is 9.59 Å². The van der Waals surface area contributed by atoms with Gasteiger partial charge in [-0.25, -0.2) is 4.68 Å². The number of hydrogen-bond donors (Lipinski definition) is 1. The molecular weight excluding hydrogens is 340 g/mol. The molecule has 0 saturated heterocycles. The van der Waals surface area contributed by atoms with Gasteiger partial charge in [0, 0.05) is 43.7 Å². The highest BCUT2D eigenvalue weighted by Gasteiger charge is 2.29. The largest absolute Gasteiger partial charge is 0.356 e. The number of aromatic nitrogens is 2. The van der Waals surface area contributed by atoms with E-state index in [1.807, 2.05) is 55.9 Å². The topological polar surface area (TPSA) is 67.2 Å². The van der Waals surface area contributed by atoms with Crippen LogP contribution in [0.5, 0.6) is 0 Å². The van der Waals surface area contributed by atoms with Crippen molar-refractivity contribution in [3.05, 3.63) is 47.3 Å². The van der Waals surface area contributed by atoms with E-state index >= 15 is 0 Å². The Balaban J connectivity index is 1.54. The Morgan fingerprint density at radius 3 is 2.59 bits per heavy atom. The number of nitrogens with one attached hydrogen (secondary N) is 1. The van der Waals surface area contributed by atoms with Crippen LogP contribution in [0.2, 0.25) is 0 Å². The van der Waals surface area contributed by atoms with Gasteiger partial charge in [-0.15, -0.1) is 0 Å². The minimum atomic E-state index is 0.0851. The summed E-state index contributed by atoms with van der Waals surface area (Å²) in [6.07, 6.45) is 3.11. The fourth-order valence-corrected chi connectivity index (χ4v) is 3.18. The van der Waals surface area contributed by atoms with E-state index in [-0.39, 0.29) is 17.7 Å². The number of carbonyl (C=O) groups excluding carboxylic acids is 2. The summed E-state index contributed by atoms with van der Waals surface area (Å²) in [6.45, 7) is 5.12. The molecule has 0 spiro atoms. The van der Waals surface area contributed by atoms with E-state index in [0.29, 0.717) is 25.9 Å². The van der Waals surface area contributed by atoms with Crippen molar-refractivity contribution in [3.8, 4) is 5.69 Å². The predicted octanol–water partition coefficient (Wildman–Crippen LogP) is 2.75. The zero-order valence-corrected chi connectivity index (χ0v) is 16.4. The van der Waals surface area contributed by atoms with Gasteiger partial charge in [-0.3, -0.25) is 9.59 Å². The summed E-state index contributed by atoms with van der Waals surface area (Å²) in [5, 5.41) is 7.55. The fourth-order valence-electron chi connectivity index (χ4n) is 3.18. The number of nitrogens with zero attached hydrogens (tertiary/aromatic N) is 3. The molecule has 2 amide bonds. The summed E-state index contributed by atoms with van der Waals surface area (Å²) in [5.74, 6) is 0.438. The molecule has 0 bridgehead atoms. The maximum absolute atomic E-state index is 12.4. The lowest BCUT2D eigenvalue weighted by Crippen LogP contribution is -2.29. The van der Waals surface area contributed by atoms with Crippen LogP contribution in [0.15, 0.2) is 30.3 Å². The first kappa shape index (κ1) is 19.1. The number of amides is 2. The Kier molecular flexibility index (Phi) is 5.94. The lowest BCUT2D eigenvalue weighted by atomic mass is 10.1. The number of rotatable bonds is 8. The van der Waals surface area contributed by atoms with Gasteiger partial charge < -0.3 is 10.2 Å². The third-order valence-corrected chi connectivity index (χ3v) is 5.08. The van der Waals surface area contributed by atoms with Crippen molar-refractivity contribution in [1.29, 1.82) is 0 Å². The van der Waals surface area contributed by atoms with Crippen molar-refractivity contribution in [2.45, 2.75) is 46.1 Å². The highest BCUT2D eigenvalue weighted by Crippen LogP contribution is 2.28. The molecule has 0 unspecified atom stereocenters. The average molecular weight is 368 g/mol. The summed E-state index contributed by atoms with van der Waals surface area (Å²) in [6, 6.07) is 10.0. The van der Waals surface area contributed by atoms with Gasteiger partial charge in [-0.1, -0.05) is 18.2 Å². The molecule has 1 N–H and O–H groups in total. The normalized spacial score (nSPS) is 13.4. The second-order valence-corrected chi connectivity index (χ2v) is 7.32. The van der Waals surface area contributed by atoms with Crippen LogP contribution in [0.3, 0.4) is 0 Å². The number of aryl methyl sites for hydroxylation is 1. The summed E-state index contributed by atoms with van der Waals surface area (Å²) in [7, 11) is 1.82. The number of hydrogen-bond acceptors (Lipinski definition) is 3. The lowest BCUT2D eigenvalue weighted by molar-refractivity contribution is -0.130. The third kappa shape index (κ3) is 4.76. The molecule has 1 saturated carbocycles. The van der Waals surface area contributed by atoms with E-state index in [1.165, 1.54) is 0 Å². The average Bonchev–Trinajstić information content (AvgIpc) is 3.48. The molecule has 1 heterocycles. The van der Waals surface area contributed by atoms with Crippen molar-refractivity contribution in [2.75, 3.05) is 13.6 Å². The van der Waals surface area contributed by atoms with E-state index in [2.05, 4.69) is 10.4 Å². The Morgan fingerprint density at radius 1 is 1.22 bits per heavy atom. The van der Waals surface area contributed by atoms with Crippen LogP contribution in [-0.2, 0) is 16.1 Å². The second kappa shape index (κ2) is 8.37. The fraction of sp³-hybridized carbons (Fsp3) is 0.476. The molecule has 0 radical (unpaired) electrons. The SMILES string of the molecule is Cc1nn(-c2ccccc2)c(C)c1CN(C)C(=O)CCCNC(=O)C1CC1. The van der Waals surface area contributed by atoms with E-state index in [9.17, 15) is 9.59 Å². The van der Waals surface area contributed by atoms with Crippen LogP contribution >= 0.6 is 0 Å². The van der Waals surface area contributed by atoms with Crippen molar-refractivity contribution in [2.24, 2.45) is 5.92 Å². The minimum absolute atomic E-state index is 0.0851. The molecule has 3 rings (SSSR count). The number of carbonyl (C=O) groups is 2. The van der Waals surface area contributed by atoms with Crippen LogP contribution in [0.4, 0.5) is 0 Å². The van der Waals surface area contributed by atoms with Gasteiger partial charge in [0.05, 0.1) is 11.4 Å². The van der Waals surface area contributed by atoms with Crippen LogP contribution in [0.25, 0.3) is 5.69 Å². The lowest BCUT2D eigenvalue weighted by Gasteiger charge is -2.18. The van der Waals surface area contributed by atoms with Crippen molar-refractivity contribution in [1.82, 2.24) is 20.0 Å². The molecule has 1 aliphatic rings. The molecule has 0 aliphatic heterocycles. The predicted molar refractivity (Wildman–Crippen MR) is 104 cm³/mol. The number of benzene rings is 1. The van der Waals surface area contributed by atoms with E-state index < -0.39 is 0 Å². The Bertz CT molecular complexity index is 809. The van der Waals surface area contributed by atoms with Crippen molar-refractivity contribution in [3.63, 3.8) is 0 Å². The smallest absolute Gasteiger partial charge is 0.223 e. The third-order valence-electron chi connectivity index (χ3n) is 5.08. The van der Waals surface area contributed by atoms with Gasteiger partial charge in [-0.05, 0) is 45.2 Å². The molecule has 1 aliphatic carbocycles. The molecule has 1 aromatic carbocycles. The summed E-state index contributed by atoms with van der Waals surface area (Å²) in [5.41, 5.74) is 4.09. The Hall–Kier alpha value is -2.63. The quantitative estimate of drug-likeness (QED) is 0.729. The molecular formula is C21H28N4O2. The minimum Gasteiger partial charge on any atom is -0.356 e. The van der Waals surface area contributed by atoms with E-state index in [1.54, 1.807) is 4.90 Å². The van der Waals surface area contributed by atoms with Gasteiger partial charge in [0.2, 0.25) is 11.8 Å². The molecule has 6 nitrogen and oxygen atoms in total. The number of para-hydroxylation sites is 1. The molecule has 0 atom stereocenters. The van der Waals surface area contributed by atoms with E-state index in [4.69, 9.17) is 0 Å². The van der Waals surface area contributed by atoms with Gasteiger partial charge in [0.15, 0.2) is 0 Å². The van der Waals surface area contributed by atoms with Gasteiger partial charge in [0.25, 0.3) is 0 Å². The highest BCUT2D eigenvalue weighted by atomic mass is 16.2.